The largest absolute Gasteiger partial charge is 0.373 e. The Morgan fingerprint density at radius 3 is 3.04 bits per heavy atom. The number of rotatable bonds is 4. The topological polar surface area (TPSA) is 101 Å². The quantitative estimate of drug-likeness (QED) is 0.786. The molecule has 0 aliphatic carbocycles. The Labute approximate surface area is 149 Å². The number of nitrogens with one attached hydrogen (secondary N) is 1. The standard InChI is InChI=1S/C17H21N5O4/c1-20-7-6-18-14(17(20)25)21(2)10-12-11-22(8-9-26-12)16(24)13-4-3-5-19-15(13)23/h3-7,12H,8-11H2,1-2H3,(H,19,23)/t12-/m0/s1. The van der Waals surface area contributed by atoms with Crippen LogP contribution >= 0.6 is 0 Å². The number of H-pyrrole nitrogens is 1. The second kappa shape index (κ2) is 7.52. The van der Waals surface area contributed by atoms with Crippen molar-refractivity contribution in [2.24, 2.45) is 7.05 Å². The number of aryl methyl sites for hydroxylation is 1. The van der Waals surface area contributed by atoms with Crippen LogP contribution in [0.1, 0.15) is 10.4 Å². The SMILES string of the molecule is CN(C[C@H]1CN(C(=O)c2ccc[nH]c2=O)CCO1)c1nccn(C)c1=O. The van der Waals surface area contributed by atoms with Gasteiger partial charge in [0.2, 0.25) is 0 Å². The maximum absolute atomic E-state index is 12.6. The van der Waals surface area contributed by atoms with Crippen LogP contribution in [0.3, 0.4) is 0 Å². The normalized spacial score (nSPS) is 17.2. The Kier molecular flexibility index (Phi) is 5.17. The molecule has 1 atom stereocenters. The molecule has 1 amide bonds. The lowest BCUT2D eigenvalue weighted by atomic mass is 10.2. The van der Waals surface area contributed by atoms with Crippen LogP contribution in [0.2, 0.25) is 0 Å². The molecule has 2 aromatic heterocycles. The molecular formula is C17H21N5O4. The Bertz CT molecular complexity index is 906. The molecule has 0 spiro atoms. The van der Waals surface area contributed by atoms with Crippen molar-refractivity contribution in [1.29, 1.82) is 0 Å². The van der Waals surface area contributed by atoms with Gasteiger partial charge in [-0.2, -0.15) is 0 Å². The number of aromatic amines is 1. The first-order chi connectivity index (χ1) is 12.5. The first-order valence-corrected chi connectivity index (χ1v) is 8.28. The van der Waals surface area contributed by atoms with Crippen molar-refractivity contribution < 1.29 is 9.53 Å². The summed E-state index contributed by atoms with van der Waals surface area (Å²) < 4.78 is 7.19. The molecule has 1 aliphatic rings. The maximum Gasteiger partial charge on any atom is 0.293 e. The number of ether oxygens (including phenoxy) is 1. The molecule has 9 nitrogen and oxygen atoms in total. The monoisotopic (exact) mass is 359 g/mol. The molecule has 0 bridgehead atoms. The number of hydrogen-bond acceptors (Lipinski definition) is 6. The highest BCUT2D eigenvalue weighted by atomic mass is 16.5. The van der Waals surface area contributed by atoms with Gasteiger partial charge in [0.1, 0.15) is 5.56 Å². The summed E-state index contributed by atoms with van der Waals surface area (Å²) in [5.74, 6) is -0.00175. The van der Waals surface area contributed by atoms with Crippen LogP contribution in [0.25, 0.3) is 0 Å². The minimum atomic E-state index is -0.408. The molecule has 9 heteroatoms. The lowest BCUT2D eigenvalue weighted by molar-refractivity contribution is -0.0172. The number of pyridine rings is 1. The second-order valence-corrected chi connectivity index (χ2v) is 6.20. The van der Waals surface area contributed by atoms with E-state index in [2.05, 4.69) is 9.97 Å². The highest BCUT2D eigenvalue weighted by molar-refractivity contribution is 5.93. The van der Waals surface area contributed by atoms with E-state index in [9.17, 15) is 14.4 Å². The van der Waals surface area contributed by atoms with E-state index in [1.165, 1.54) is 16.8 Å². The third-order valence-electron chi connectivity index (χ3n) is 4.31. The minimum Gasteiger partial charge on any atom is -0.373 e. The lowest BCUT2D eigenvalue weighted by Crippen LogP contribution is -2.50. The van der Waals surface area contributed by atoms with Crippen molar-refractivity contribution in [2.75, 3.05) is 38.2 Å². The molecule has 0 aromatic carbocycles. The van der Waals surface area contributed by atoms with Crippen molar-refractivity contribution in [2.45, 2.75) is 6.10 Å². The predicted octanol–water partition coefficient (Wildman–Crippen LogP) is -0.554. The molecule has 1 aliphatic heterocycles. The molecular weight excluding hydrogens is 338 g/mol. The summed E-state index contributed by atoms with van der Waals surface area (Å²) in [6.45, 7) is 1.53. The van der Waals surface area contributed by atoms with Crippen LogP contribution in [-0.2, 0) is 11.8 Å². The Balaban J connectivity index is 1.70. The van der Waals surface area contributed by atoms with E-state index in [1.807, 2.05) is 0 Å². The van der Waals surface area contributed by atoms with Gasteiger partial charge in [-0.05, 0) is 12.1 Å². The first-order valence-electron chi connectivity index (χ1n) is 8.28. The Morgan fingerprint density at radius 1 is 1.46 bits per heavy atom. The number of carbonyl (C=O) groups excluding carboxylic acids is 1. The number of anilines is 1. The fraction of sp³-hybridized carbons (Fsp3) is 0.412. The van der Waals surface area contributed by atoms with Crippen molar-refractivity contribution in [3.63, 3.8) is 0 Å². The fourth-order valence-corrected chi connectivity index (χ4v) is 2.91. The summed E-state index contributed by atoms with van der Waals surface area (Å²) in [5, 5.41) is 0. The van der Waals surface area contributed by atoms with Gasteiger partial charge in [-0.15, -0.1) is 0 Å². The number of aromatic nitrogens is 3. The van der Waals surface area contributed by atoms with E-state index < -0.39 is 5.56 Å². The lowest BCUT2D eigenvalue weighted by Gasteiger charge is -2.34. The van der Waals surface area contributed by atoms with E-state index in [-0.39, 0.29) is 23.1 Å². The van der Waals surface area contributed by atoms with E-state index in [0.717, 1.165) is 0 Å². The highest BCUT2D eigenvalue weighted by Crippen LogP contribution is 2.11. The predicted molar refractivity (Wildman–Crippen MR) is 95.5 cm³/mol. The smallest absolute Gasteiger partial charge is 0.293 e. The minimum absolute atomic E-state index is 0.111. The number of amides is 1. The third-order valence-corrected chi connectivity index (χ3v) is 4.31. The van der Waals surface area contributed by atoms with Gasteiger partial charge in [0, 0.05) is 52.3 Å². The summed E-state index contributed by atoms with van der Waals surface area (Å²) in [4.78, 5) is 46.5. The second-order valence-electron chi connectivity index (χ2n) is 6.20. The average Bonchev–Trinajstić information content (AvgIpc) is 2.64. The molecule has 138 valence electrons. The van der Waals surface area contributed by atoms with Gasteiger partial charge in [0.15, 0.2) is 5.82 Å². The number of hydrogen-bond donors (Lipinski definition) is 1. The number of carbonyl (C=O) groups is 1. The Hall–Kier alpha value is -2.94. The van der Waals surface area contributed by atoms with Crippen molar-refractivity contribution in [3.8, 4) is 0 Å². The average molecular weight is 359 g/mol. The highest BCUT2D eigenvalue weighted by Gasteiger charge is 2.27. The number of likely N-dealkylation sites (N-methyl/N-ethyl adjacent to an activating group) is 1. The zero-order valence-corrected chi connectivity index (χ0v) is 14.7. The fourth-order valence-electron chi connectivity index (χ4n) is 2.91. The van der Waals surface area contributed by atoms with Gasteiger partial charge in [0.05, 0.1) is 12.7 Å². The van der Waals surface area contributed by atoms with Crippen LogP contribution in [0.15, 0.2) is 40.3 Å². The molecule has 3 rings (SSSR count). The van der Waals surface area contributed by atoms with Crippen LogP contribution in [0.5, 0.6) is 0 Å². The first kappa shape index (κ1) is 17.9. The summed E-state index contributed by atoms with van der Waals surface area (Å²) >= 11 is 0. The molecule has 1 saturated heterocycles. The maximum atomic E-state index is 12.6. The van der Waals surface area contributed by atoms with E-state index in [0.29, 0.717) is 32.1 Å². The third kappa shape index (κ3) is 3.67. The molecule has 0 unspecified atom stereocenters. The van der Waals surface area contributed by atoms with Gasteiger partial charge < -0.3 is 24.1 Å². The Morgan fingerprint density at radius 2 is 2.27 bits per heavy atom. The van der Waals surface area contributed by atoms with Crippen LogP contribution in [0.4, 0.5) is 5.82 Å². The van der Waals surface area contributed by atoms with E-state index in [4.69, 9.17) is 4.74 Å². The van der Waals surface area contributed by atoms with Gasteiger partial charge >= 0.3 is 0 Å². The summed E-state index contributed by atoms with van der Waals surface area (Å²) in [6.07, 6.45) is 4.36. The summed E-state index contributed by atoms with van der Waals surface area (Å²) in [6, 6.07) is 3.13. The van der Waals surface area contributed by atoms with Gasteiger partial charge in [-0.25, -0.2) is 4.98 Å². The number of nitrogens with zero attached hydrogens (tertiary/aromatic N) is 4. The van der Waals surface area contributed by atoms with E-state index in [1.54, 1.807) is 42.4 Å². The van der Waals surface area contributed by atoms with Crippen molar-refractivity contribution in [3.05, 3.63) is 57.0 Å². The van der Waals surface area contributed by atoms with Gasteiger partial charge in [0.25, 0.3) is 17.0 Å². The van der Waals surface area contributed by atoms with Crippen molar-refractivity contribution >= 4 is 11.7 Å². The zero-order valence-electron chi connectivity index (χ0n) is 14.7. The van der Waals surface area contributed by atoms with Gasteiger partial charge in [-0.1, -0.05) is 0 Å². The zero-order chi connectivity index (χ0) is 18.7. The number of morpholine rings is 1. The van der Waals surface area contributed by atoms with E-state index >= 15 is 0 Å². The molecule has 0 saturated carbocycles. The molecule has 26 heavy (non-hydrogen) atoms. The van der Waals surface area contributed by atoms with Crippen LogP contribution in [-0.4, -0.2) is 64.7 Å². The summed E-state index contributed by atoms with van der Waals surface area (Å²) in [5.41, 5.74) is -0.496. The summed E-state index contributed by atoms with van der Waals surface area (Å²) in [7, 11) is 3.42. The van der Waals surface area contributed by atoms with Crippen LogP contribution in [0, 0.1) is 0 Å². The molecule has 1 N–H and O–H groups in total. The van der Waals surface area contributed by atoms with Gasteiger partial charge in [-0.3, -0.25) is 14.4 Å². The molecule has 3 heterocycles. The molecule has 2 aromatic rings. The molecule has 0 radical (unpaired) electrons. The van der Waals surface area contributed by atoms with Crippen molar-refractivity contribution in [1.82, 2.24) is 19.4 Å². The van der Waals surface area contributed by atoms with Crippen LogP contribution < -0.4 is 16.0 Å². The molecule has 1 fully saturated rings.